The molecule has 0 radical (unpaired) electrons. The van der Waals surface area contributed by atoms with Crippen molar-refractivity contribution in [1.29, 1.82) is 0 Å². The minimum Gasteiger partial charge on any atom is -0.461 e. The summed E-state index contributed by atoms with van der Waals surface area (Å²) in [4.78, 5) is 26.2. The molecule has 1 amide bonds. The first-order chi connectivity index (χ1) is 32.0. The number of hydrogen-bond acceptors (Lipinski definition) is 5. The molecule has 3 atom stereocenters. The first kappa shape index (κ1) is 62.3. The zero-order valence-corrected chi connectivity index (χ0v) is 42.9. The predicted octanol–water partition coefficient (Wildman–Crippen LogP) is 17.0. The van der Waals surface area contributed by atoms with Gasteiger partial charge < -0.3 is 20.3 Å². The van der Waals surface area contributed by atoms with E-state index in [4.69, 9.17) is 4.74 Å². The number of amides is 1. The van der Waals surface area contributed by atoms with Crippen LogP contribution in [0.15, 0.2) is 72.9 Å². The lowest BCUT2D eigenvalue weighted by atomic mass is 10.0. The minimum absolute atomic E-state index is 0.00320. The third-order valence-corrected chi connectivity index (χ3v) is 12.3. The summed E-state index contributed by atoms with van der Waals surface area (Å²) in [5.74, 6) is -0.583. The number of aliphatic hydroxyl groups excluding tert-OH is 2. The number of hydrogen-bond donors (Lipinski definition) is 3. The van der Waals surface area contributed by atoms with Crippen LogP contribution in [-0.2, 0) is 14.3 Å². The highest BCUT2D eigenvalue weighted by atomic mass is 16.5. The molecule has 0 bridgehead atoms. The van der Waals surface area contributed by atoms with Gasteiger partial charge in [0, 0.05) is 12.8 Å². The average Bonchev–Trinajstić information content (AvgIpc) is 3.30. The van der Waals surface area contributed by atoms with Gasteiger partial charge in [-0.1, -0.05) is 241 Å². The van der Waals surface area contributed by atoms with Crippen LogP contribution in [0.1, 0.15) is 265 Å². The SMILES string of the molecule is CCCCC/C=C\C/C=C\C/C=C\C/C=C\CC(CC(=O)NC(CO)C(O)CCCCCCCCCCCCCCCC)OC(=O)CCCCCCCCC/C=C\C/C=C\CCCCC. The van der Waals surface area contributed by atoms with E-state index < -0.39 is 18.2 Å². The van der Waals surface area contributed by atoms with Crippen LogP contribution in [0, 0.1) is 0 Å². The number of esters is 1. The molecule has 3 unspecified atom stereocenters. The highest BCUT2D eigenvalue weighted by molar-refractivity contribution is 5.77. The molecule has 0 aromatic rings. The van der Waals surface area contributed by atoms with E-state index >= 15 is 0 Å². The van der Waals surface area contributed by atoms with Crippen LogP contribution in [0.2, 0.25) is 0 Å². The maximum atomic E-state index is 13.2. The van der Waals surface area contributed by atoms with Crippen molar-refractivity contribution in [3.63, 3.8) is 0 Å². The molecule has 0 saturated heterocycles. The van der Waals surface area contributed by atoms with Crippen LogP contribution >= 0.6 is 0 Å². The minimum atomic E-state index is -0.815. The standard InChI is InChI=1S/C59H105NO5/c1-4-7-10-13-16-19-22-25-28-29-31-34-37-40-43-46-49-52-59(64)65-55(50-47-44-41-38-35-32-30-26-23-20-17-14-11-8-5-2)53-58(63)60-56(54-61)57(62)51-48-45-42-39-36-33-27-24-21-18-15-12-9-6-3/h16-17,19-20,25-26,28,30,35,38,44,47,55-57,61-62H,4-15,18,21-24,27,29,31-34,36-37,39-43,45-46,48-54H2,1-3H3,(H,60,63)/b19-16-,20-17-,28-25-,30-26-,38-35-,47-44-. The van der Waals surface area contributed by atoms with Crippen LogP contribution in [0.25, 0.3) is 0 Å². The summed E-state index contributed by atoms with van der Waals surface area (Å²) in [6, 6.07) is -0.735. The predicted molar refractivity (Wildman–Crippen MR) is 282 cm³/mol. The zero-order chi connectivity index (χ0) is 47.4. The lowest BCUT2D eigenvalue weighted by molar-refractivity contribution is -0.150. The van der Waals surface area contributed by atoms with Gasteiger partial charge in [0.1, 0.15) is 6.10 Å². The third kappa shape index (κ3) is 47.6. The molecule has 0 aromatic carbocycles. The molecule has 6 nitrogen and oxygen atoms in total. The molecule has 3 N–H and O–H groups in total. The van der Waals surface area contributed by atoms with Gasteiger partial charge in [-0.15, -0.1) is 0 Å². The lowest BCUT2D eigenvalue weighted by Gasteiger charge is -2.24. The number of aliphatic hydroxyl groups is 2. The maximum absolute atomic E-state index is 13.2. The highest BCUT2D eigenvalue weighted by Gasteiger charge is 2.23. The molecule has 6 heteroatoms. The topological polar surface area (TPSA) is 95.9 Å². The van der Waals surface area contributed by atoms with Gasteiger partial charge in [0.25, 0.3) is 0 Å². The van der Waals surface area contributed by atoms with E-state index in [2.05, 4.69) is 92.9 Å². The summed E-state index contributed by atoms with van der Waals surface area (Å²) >= 11 is 0. The molecule has 0 saturated carbocycles. The summed E-state index contributed by atoms with van der Waals surface area (Å²) in [5.41, 5.74) is 0. The number of carbonyl (C=O) groups excluding carboxylic acids is 2. The Bertz CT molecular complexity index is 1200. The first-order valence-corrected chi connectivity index (χ1v) is 27.7. The van der Waals surface area contributed by atoms with E-state index in [-0.39, 0.29) is 24.9 Å². The average molecular weight is 908 g/mol. The van der Waals surface area contributed by atoms with Gasteiger partial charge in [0.15, 0.2) is 0 Å². The maximum Gasteiger partial charge on any atom is 0.306 e. The van der Waals surface area contributed by atoms with Crippen LogP contribution in [-0.4, -0.2) is 46.9 Å². The highest BCUT2D eigenvalue weighted by Crippen LogP contribution is 2.16. The van der Waals surface area contributed by atoms with Crippen LogP contribution in [0.4, 0.5) is 0 Å². The van der Waals surface area contributed by atoms with Crippen LogP contribution in [0.5, 0.6) is 0 Å². The van der Waals surface area contributed by atoms with E-state index in [0.717, 1.165) is 70.6 Å². The molecule has 0 heterocycles. The molecule has 376 valence electrons. The molecule has 0 rings (SSSR count). The zero-order valence-electron chi connectivity index (χ0n) is 42.9. The Morgan fingerprint density at radius 1 is 0.462 bits per heavy atom. The fraction of sp³-hybridized carbons (Fsp3) is 0.763. The van der Waals surface area contributed by atoms with Crippen LogP contribution < -0.4 is 5.32 Å². The fourth-order valence-electron chi connectivity index (χ4n) is 8.03. The van der Waals surface area contributed by atoms with Crippen molar-refractivity contribution in [1.82, 2.24) is 5.32 Å². The van der Waals surface area contributed by atoms with E-state index in [1.807, 2.05) is 6.08 Å². The molecule has 65 heavy (non-hydrogen) atoms. The van der Waals surface area contributed by atoms with Gasteiger partial charge in [0.05, 0.1) is 25.2 Å². The molecular formula is C59H105NO5. The Kier molecular flexibility index (Phi) is 50.1. The number of carbonyl (C=O) groups is 2. The van der Waals surface area contributed by atoms with Crippen LogP contribution in [0.3, 0.4) is 0 Å². The fourth-order valence-corrected chi connectivity index (χ4v) is 8.03. The van der Waals surface area contributed by atoms with Crippen molar-refractivity contribution >= 4 is 11.9 Å². The Hall–Kier alpha value is -2.70. The lowest BCUT2D eigenvalue weighted by Crippen LogP contribution is -2.46. The number of nitrogens with one attached hydrogen (secondary N) is 1. The normalized spacial score (nSPS) is 13.7. The van der Waals surface area contributed by atoms with E-state index in [1.165, 1.54) is 148 Å². The molecule has 0 fully saturated rings. The summed E-state index contributed by atoms with van der Waals surface area (Å²) in [7, 11) is 0. The van der Waals surface area contributed by atoms with Crippen molar-refractivity contribution in [2.24, 2.45) is 0 Å². The van der Waals surface area contributed by atoms with Gasteiger partial charge in [-0.3, -0.25) is 9.59 Å². The summed E-state index contributed by atoms with van der Waals surface area (Å²) in [6.45, 7) is 6.41. The van der Waals surface area contributed by atoms with E-state index in [0.29, 0.717) is 19.3 Å². The Balaban J connectivity index is 4.69. The van der Waals surface area contributed by atoms with Crippen molar-refractivity contribution in [3.8, 4) is 0 Å². The second-order valence-corrected chi connectivity index (χ2v) is 18.6. The second-order valence-electron chi connectivity index (χ2n) is 18.6. The van der Waals surface area contributed by atoms with E-state index in [9.17, 15) is 19.8 Å². The van der Waals surface area contributed by atoms with Gasteiger partial charge in [0.2, 0.25) is 5.91 Å². The smallest absolute Gasteiger partial charge is 0.306 e. The van der Waals surface area contributed by atoms with Crippen molar-refractivity contribution in [3.05, 3.63) is 72.9 Å². The number of rotatable bonds is 49. The number of allylic oxidation sites excluding steroid dienone is 11. The largest absolute Gasteiger partial charge is 0.461 e. The number of unbranched alkanes of at least 4 members (excludes halogenated alkanes) is 26. The van der Waals surface area contributed by atoms with Gasteiger partial charge >= 0.3 is 5.97 Å². The van der Waals surface area contributed by atoms with Crippen molar-refractivity contribution in [2.75, 3.05) is 6.61 Å². The molecule has 0 aliphatic carbocycles. The quantitative estimate of drug-likeness (QED) is 0.0321. The number of ether oxygens (including phenoxy) is 1. The van der Waals surface area contributed by atoms with Crippen molar-refractivity contribution in [2.45, 2.75) is 283 Å². The molecule has 0 spiro atoms. The van der Waals surface area contributed by atoms with Gasteiger partial charge in [-0.05, 0) is 77.0 Å². The second kappa shape index (κ2) is 52.3. The summed E-state index contributed by atoms with van der Waals surface area (Å²) in [5, 5.41) is 23.8. The Morgan fingerprint density at radius 2 is 0.815 bits per heavy atom. The molecule has 0 aliphatic heterocycles. The van der Waals surface area contributed by atoms with Gasteiger partial charge in [-0.2, -0.15) is 0 Å². The molecule has 0 aromatic heterocycles. The Labute approximate surface area is 402 Å². The molecular weight excluding hydrogens is 803 g/mol. The molecule has 0 aliphatic rings. The Morgan fingerprint density at radius 3 is 1.26 bits per heavy atom. The summed E-state index contributed by atoms with van der Waals surface area (Å²) < 4.78 is 5.88. The first-order valence-electron chi connectivity index (χ1n) is 27.7. The van der Waals surface area contributed by atoms with Gasteiger partial charge in [-0.25, -0.2) is 0 Å². The van der Waals surface area contributed by atoms with Crippen molar-refractivity contribution < 1.29 is 24.5 Å². The monoisotopic (exact) mass is 908 g/mol. The third-order valence-electron chi connectivity index (χ3n) is 12.3. The van der Waals surface area contributed by atoms with E-state index in [1.54, 1.807) is 0 Å². The summed E-state index contributed by atoms with van der Waals surface area (Å²) in [6.07, 6.45) is 66.9.